The number of rotatable bonds is 4. The summed E-state index contributed by atoms with van der Waals surface area (Å²) < 4.78 is 38.9. The van der Waals surface area contributed by atoms with Crippen molar-refractivity contribution in [2.24, 2.45) is 0 Å². The number of hydrogen-bond acceptors (Lipinski definition) is 2. The molecule has 7 heteroatoms. The number of halogens is 4. The first-order valence-corrected chi connectivity index (χ1v) is 7.99. The summed E-state index contributed by atoms with van der Waals surface area (Å²) in [7, 11) is 0. The van der Waals surface area contributed by atoms with Gasteiger partial charge in [-0.15, -0.1) is 11.8 Å². The van der Waals surface area contributed by atoms with Crippen LogP contribution in [0.4, 0.5) is 18.9 Å². The van der Waals surface area contributed by atoms with Crippen LogP contribution in [0.25, 0.3) is 0 Å². The maximum Gasteiger partial charge on any atom is 0.418 e. The molecule has 0 aliphatic rings. The Bertz CT molecular complexity index is 719. The maximum absolute atomic E-state index is 13.0. The molecule has 0 radical (unpaired) electrons. The van der Waals surface area contributed by atoms with E-state index in [1.807, 2.05) is 31.2 Å². The molecule has 2 nitrogen and oxygen atoms in total. The smallest absolute Gasteiger partial charge is 0.325 e. The van der Waals surface area contributed by atoms with E-state index in [2.05, 4.69) is 5.32 Å². The Kier molecular flexibility index (Phi) is 5.59. The van der Waals surface area contributed by atoms with Gasteiger partial charge in [0.05, 0.1) is 17.0 Å². The van der Waals surface area contributed by atoms with Crippen LogP contribution in [0.15, 0.2) is 47.4 Å². The monoisotopic (exact) mass is 359 g/mol. The summed E-state index contributed by atoms with van der Waals surface area (Å²) in [4.78, 5) is 12.8. The molecular weight excluding hydrogens is 347 g/mol. The lowest BCUT2D eigenvalue weighted by atomic mass is 10.1. The molecular formula is C16H13ClF3NOS. The molecule has 0 saturated carbocycles. The highest BCUT2D eigenvalue weighted by Gasteiger charge is 2.34. The van der Waals surface area contributed by atoms with Crippen LogP contribution in [0.2, 0.25) is 5.02 Å². The largest absolute Gasteiger partial charge is 0.418 e. The van der Waals surface area contributed by atoms with E-state index in [-0.39, 0.29) is 16.5 Å². The number of anilines is 1. The highest BCUT2D eigenvalue weighted by atomic mass is 35.5. The summed E-state index contributed by atoms with van der Waals surface area (Å²) >= 11 is 6.87. The first kappa shape index (κ1) is 17.7. The number of alkyl halides is 3. The Morgan fingerprint density at radius 3 is 2.57 bits per heavy atom. The molecule has 0 heterocycles. The van der Waals surface area contributed by atoms with E-state index in [4.69, 9.17) is 11.6 Å². The molecule has 0 bridgehead atoms. The van der Waals surface area contributed by atoms with Crippen LogP contribution in [0.3, 0.4) is 0 Å². The number of aryl methyl sites for hydroxylation is 1. The zero-order valence-electron chi connectivity index (χ0n) is 12.1. The van der Waals surface area contributed by atoms with Crippen molar-refractivity contribution in [2.75, 3.05) is 11.1 Å². The SMILES string of the molecule is Cc1ccccc1SCC(=O)Nc1ccc(Cl)cc1C(F)(F)F. The van der Waals surface area contributed by atoms with Gasteiger partial charge in [-0.05, 0) is 36.8 Å². The van der Waals surface area contributed by atoms with Gasteiger partial charge in [0.2, 0.25) is 5.91 Å². The van der Waals surface area contributed by atoms with Gasteiger partial charge < -0.3 is 5.32 Å². The molecule has 0 aromatic heterocycles. The third-order valence-electron chi connectivity index (χ3n) is 3.01. The van der Waals surface area contributed by atoms with Crippen LogP contribution in [-0.4, -0.2) is 11.7 Å². The summed E-state index contributed by atoms with van der Waals surface area (Å²) in [6.45, 7) is 1.90. The van der Waals surface area contributed by atoms with Gasteiger partial charge in [-0.25, -0.2) is 0 Å². The van der Waals surface area contributed by atoms with Crippen molar-refractivity contribution in [3.63, 3.8) is 0 Å². The third kappa shape index (κ3) is 4.91. The molecule has 2 aromatic rings. The number of benzene rings is 2. The van der Waals surface area contributed by atoms with Gasteiger partial charge in [-0.2, -0.15) is 13.2 Å². The van der Waals surface area contributed by atoms with Crippen molar-refractivity contribution in [3.8, 4) is 0 Å². The molecule has 0 spiro atoms. The summed E-state index contributed by atoms with van der Waals surface area (Å²) in [6.07, 6.45) is -4.59. The lowest BCUT2D eigenvalue weighted by Gasteiger charge is -2.14. The summed E-state index contributed by atoms with van der Waals surface area (Å²) in [5.41, 5.74) is -0.246. The van der Waals surface area contributed by atoms with Gasteiger partial charge in [-0.1, -0.05) is 29.8 Å². The lowest BCUT2D eigenvalue weighted by Crippen LogP contribution is -2.18. The normalized spacial score (nSPS) is 11.3. The standard InChI is InChI=1S/C16H13ClF3NOS/c1-10-4-2-3-5-14(10)23-9-15(22)21-13-7-6-11(17)8-12(13)16(18,19)20/h2-8H,9H2,1H3,(H,21,22). The first-order valence-electron chi connectivity index (χ1n) is 6.62. The highest BCUT2D eigenvalue weighted by molar-refractivity contribution is 8.00. The number of hydrogen-bond donors (Lipinski definition) is 1. The average Bonchev–Trinajstić information content (AvgIpc) is 2.47. The van der Waals surface area contributed by atoms with E-state index in [0.717, 1.165) is 22.6 Å². The Morgan fingerprint density at radius 1 is 1.22 bits per heavy atom. The molecule has 0 atom stereocenters. The second kappa shape index (κ2) is 7.27. The second-order valence-electron chi connectivity index (χ2n) is 4.79. The molecule has 0 unspecified atom stereocenters. The van der Waals surface area contributed by atoms with Crippen LogP contribution in [0.1, 0.15) is 11.1 Å². The van der Waals surface area contributed by atoms with Gasteiger partial charge in [-0.3, -0.25) is 4.79 Å². The molecule has 122 valence electrons. The Morgan fingerprint density at radius 2 is 1.91 bits per heavy atom. The van der Waals surface area contributed by atoms with Crippen LogP contribution in [0.5, 0.6) is 0 Å². The Hall–Kier alpha value is -1.66. The fraction of sp³-hybridized carbons (Fsp3) is 0.188. The fourth-order valence-corrected chi connectivity index (χ4v) is 2.91. The van der Waals surface area contributed by atoms with Gasteiger partial charge in [0, 0.05) is 9.92 Å². The van der Waals surface area contributed by atoms with Crippen LogP contribution < -0.4 is 5.32 Å². The van der Waals surface area contributed by atoms with Crippen molar-refractivity contribution in [3.05, 3.63) is 58.6 Å². The topological polar surface area (TPSA) is 29.1 Å². The minimum absolute atomic E-state index is 0.0186. The minimum atomic E-state index is -4.59. The molecule has 0 aliphatic carbocycles. The summed E-state index contributed by atoms with van der Waals surface area (Å²) in [6, 6.07) is 10.7. The highest BCUT2D eigenvalue weighted by Crippen LogP contribution is 2.36. The number of thioether (sulfide) groups is 1. The zero-order valence-corrected chi connectivity index (χ0v) is 13.6. The molecule has 2 rings (SSSR count). The molecule has 0 fully saturated rings. The minimum Gasteiger partial charge on any atom is -0.325 e. The van der Waals surface area contributed by atoms with E-state index < -0.39 is 17.6 Å². The molecule has 2 aromatic carbocycles. The van der Waals surface area contributed by atoms with Crippen LogP contribution >= 0.6 is 23.4 Å². The van der Waals surface area contributed by atoms with E-state index in [0.29, 0.717) is 0 Å². The van der Waals surface area contributed by atoms with Gasteiger partial charge in [0.25, 0.3) is 0 Å². The predicted molar refractivity (Wildman–Crippen MR) is 87.0 cm³/mol. The van der Waals surface area contributed by atoms with Crippen LogP contribution in [-0.2, 0) is 11.0 Å². The quantitative estimate of drug-likeness (QED) is 0.741. The predicted octanol–water partition coefficient (Wildman–Crippen LogP) is 5.40. The van der Waals surface area contributed by atoms with E-state index >= 15 is 0 Å². The molecule has 1 N–H and O–H groups in total. The molecule has 1 amide bonds. The number of amides is 1. The van der Waals surface area contributed by atoms with Crippen molar-refractivity contribution < 1.29 is 18.0 Å². The fourth-order valence-electron chi connectivity index (χ4n) is 1.91. The Balaban J connectivity index is 2.08. The lowest BCUT2D eigenvalue weighted by molar-refractivity contribution is -0.137. The zero-order chi connectivity index (χ0) is 17.0. The van der Waals surface area contributed by atoms with E-state index in [1.54, 1.807) is 0 Å². The number of carbonyl (C=O) groups is 1. The average molecular weight is 360 g/mol. The molecule has 0 aliphatic heterocycles. The number of nitrogens with one attached hydrogen (secondary N) is 1. The molecule has 0 saturated heterocycles. The summed E-state index contributed by atoms with van der Waals surface area (Å²) in [5.74, 6) is -0.490. The second-order valence-corrected chi connectivity index (χ2v) is 6.24. The maximum atomic E-state index is 13.0. The third-order valence-corrected chi connectivity index (χ3v) is 4.42. The Labute approximate surface area is 141 Å². The summed E-state index contributed by atoms with van der Waals surface area (Å²) in [5, 5.41) is 2.26. The van der Waals surface area contributed by atoms with Crippen LogP contribution in [0, 0.1) is 6.92 Å². The molecule has 23 heavy (non-hydrogen) atoms. The van der Waals surface area contributed by atoms with Gasteiger partial charge in [0.15, 0.2) is 0 Å². The first-order chi connectivity index (χ1) is 10.8. The van der Waals surface area contributed by atoms with Crippen molar-refractivity contribution in [1.82, 2.24) is 0 Å². The van der Waals surface area contributed by atoms with Crippen molar-refractivity contribution in [1.29, 1.82) is 0 Å². The number of carbonyl (C=O) groups excluding carboxylic acids is 1. The van der Waals surface area contributed by atoms with Gasteiger partial charge >= 0.3 is 6.18 Å². The van der Waals surface area contributed by atoms with Crippen molar-refractivity contribution in [2.45, 2.75) is 18.0 Å². The van der Waals surface area contributed by atoms with Gasteiger partial charge in [0.1, 0.15) is 0 Å². The van der Waals surface area contributed by atoms with E-state index in [9.17, 15) is 18.0 Å². The van der Waals surface area contributed by atoms with Crippen molar-refractivity contribution >= 4 is 35.0 Å². The van der Waals surface area contributed by atoms with E-state index in [1.165, 1.54) is 17.8 Å².